The van der Waals surface area contributed by atoms with E-state index in [-0.39, 0.29) is 29.8 Å². The second kappa shape index (κ2) is 15.3. The highest BCUT2D eigenvalue weighted by molar-refractivity contribution is 14.0. The third-order valence-electron chi connectivity index (χ3n) is 4.54. The third kappa shape index (κ3) is 10.3. The van der Waals surface area contributed by atoms with Gasteiger partial charge in [0.05, 0.1) is 6.54 Å². The van der Waals surface area contributed by atoms with Crippen LogP contribution < -0.4 is 10.6 Å². The number of halogens is 2. The molecule has 28 heavy (non-hydrogen) atoms. The van der Waals surface area contributed by atoms with Crippen LogP contribution in [0.3, 0.4) is 0 Å². The maximum absolute atomic E-state index is 12.9. The lowest BCUT2D eigenvalue weighted by molar-refractivity contribution is 0.155. The van der Waals surface area contributed by atoms with Crippen molar-refractivity contribution in [2.75, 3.05) is 52.2 Å². The fraction of sp³-hybridized carbons (Fsp3) is 0.650. The molecule has 2 N–H and O–H groups in total. The Morgan fingerprint density at radius 2 is 2.00 bits per heavy atom. The van der Waals surface area contributed by atoms with Crippen molar-refractivity contribution in [2.45, 2.75) is 37.1 Å². The Morgan fingerprint density at radius 3 is 2.64 bits per heavy atom. The van der Waals surface area contributed by atoms with Crippen LogP contribution in [0.25, 0.3) is 0 Å². The van der Waals surface area contributed by atoms with Crippen LogP contribution in [0.5, 0.6) is 0 Å². The zero-order valence-electron chi connectivity index (χ0n) is 17.0. The highest BCUT2D eigenvalue weighted by atomic mass is 127. The molecule has 2 rings (SSSR count). The highest BCUT2D eigenvalue weighted by Crippen LogP contribution is 2.17. The number of aliphatic imine (C=N–C) groups is 1. The van der Waals surface area contributed by atoms with Crippen molar-refractivity contribution in [1.29, 1.82) is 0 Å². The number of rotatable bonds is 10. The standard InChI is InChI=1S/C20H33FN4OS.HI/c1-3-22-20(23-11-16-27-19-7-5-17(21)6-8-19)24-18-9-13-25(14-10-18)12-4-15-26-2;/h5-8,18H,3-4,9-16H2,1-2H3,(H2,22,23,24);1H. The van der Waals surface area contributed by atoms with Gasteiger partial charge in [-0.1, -0.05) is 0 Å². The van der Waals surface area contributed by atoms with Gasteiger partial charge in [0.1, 0.15) is 5.82 Å². The van der Waals surface area contributed by atoms with Crippen molar-refractivity contribution in [1.82, 2.24) is 15.5 Å². The van der Waals surface area contributed by atoms with E-state index >= 15 is 0 Å². The molecule has 160 valence electrons. The summed E-state index contributed by atoms with van der Waals surface area (Å²) < 4.78 is 18.1. The minimum Gasteiger partial charge on any atom is -0.385 e. The summed E-state index contributed by atoms with van der Waals surface area (Å²) in [5.41, 5.74) is 0. The molecule has 0 bridgehead atoms. The van der Waals surface area contributed by atoms with Crippen molar-refractivity contribution in [3.63, 3.8) is 0 Å². The number of likely N-dealkylation sites (tertiary alicyclic amines) is 1. The van der Waals surface area contributed by atoms with Crippen LogP contribution in [0.1, 0.15) is 26.2 Å². The smallest absolute Gasteiger partial charge is 0.191 e. The lowest BCUT2D eigenvalue weighted by Gasteiger charge is -2.33. The summed E-state index contributed by atoms with van der Waals surface area (Å²) in [6, 6.07) is 7.10. The molecule has 1 aromatic carbocycles. The third-order valence-corrected chi connectivity index (χ3v) is 5.53. The van der Waals surface area contributed by atoms with Gasteiger partial charge >= 0.3 is 0 Å². The molecule has 8 heteroatoms. The molecule has 1 fully saturated rings. The number of methoxy groups -OCH3 is 1. The number of hydrogen-bond acceptors (Lipinski definition) is 4. The minimum absolute atomic E-state index is 0. The molecule has 1 aliphatic rings. The molecule has 0 atom stereocenters. The van der Waals surface area contributed by atoms with Crippen LogP contribution in [0, 0.1) is 5.82 Å². The van der Waals surface area contributed by atoms with Crippen LogP contribution in [0.4, 0.5) is 4.39 Å². The second-order valence-electron chi connectivity index (χ2n) is 6.67. The zero-order valence-corrected chi connectivity index (χ0v) is 20.1. The maximum atomic E-state index is 12.9. The summed E-state index contributed by atoms with van der Waals surface area (Å²) in [6.45, 7) is 7.88. The molecule has 1 heterocycles. The Morgan fingerprint density at radius 1 is 1.29 bits per heavy atom. The predicted molar refractivity (Wildman–Crippen MR) is 128 cm³/mol. The molecule has 1 saturated heterocycles. The fourth-order valence-electron chi connectivity index (χ4n) is 3.10. The van der Waals surface area contributed by atoms with Gasteiger partial charge in [-0.3, -0.25) is 4.99 Å². The van der Waals surface area contributed by atoms with Crippen molar-refractivity contribution in [3.05, 3.63) is 30.1 Å². The van der Waals surface area contributed by atoms with E-state index in [0.29, 0.717) is 6.04 Å². The SMILES string of the molecule is CCNC(=NCCSc1ccc(F)cc1)NC1CCN(CCCOC)CC1.I. The van der Waals surface area contributed by atoms with Crippen molar-refractivity contribution in [2.24, 2.45) is 4.99 Å². The van der Waals surface area contributed by atoms with Gasteiger partial charge in [-0.25, -0.2) is 4.39 Å². The first-order valence-electron chi connectivity index (χ1n) is 9.85. The number of piperidine rings is 1. The largest absolute Gasteiger partial charge is 0.385 e. The first kappa shape index (κ1) is 25.5. The quantitative estimate of drug-likeness (QED) is 0.161. The lowest BCUT2D eigenvalue weighted by Crippen LogP contribution is -2.49. The molecular formula is C20H34FIN4OS. The average molecular weight is 524 g/mol. The van der Waals surface area contributed by atoms with Crippen LogP contribution in [0.15, 0.2) is 34.2 Å². The van der Waals surface area contributed by atoms with Gasteiger partial charge in [-0.15, -0.1) is 35.7 Å². The van der Waals surface area contributed by atoms with E-state index in [0.717, 1.165) is 75.2 Å². The fourth-order valence-corrected chi connectivity index (χ4v) is 3.85. The number of guanidine groups is 1. The normalized spacial score (nSPS) is 15.9. The molecule has 1 aliphatic heterocycles. The van der Waals surface area contributed by atoms with Gasteiger partial charge in [0.15, 0.2) is 5.96 Å². The second-order valence-corrected chi connectivity index (χ2v) is 7.84. The number of benzene rings is 1. The van der Waals surface area contributed by atoms with Crippen LogP contribution in [-0.4, -0.2) is 69.1 Å². The first-order valence-corrected chi connectivity index (χ1v) is 10.8. The Bertz CT molecular complexity index is 554. The van der Waals surface area contributed by atoms with Crippen molar-refractivity contribution >= 4 is 41.7 Å². The molecule has 0 spiro atoms. The van der Waals surface area contributed by atoms with Gasteiger partial charge in [-0.2, -0.15) is 0 Å². The van der Waals surface area contributed by atoms with E-state index in [1.54, 1.807) is 18.9 Å². The summed E-state index contributed by atoms with van der Waals surface area (Å²) in [5.74, 6) is 1.58. The molecule has 0 aromatic heterocycles. The number of hydrogen-bond donors (Lipinski definition) is 2. The Labute approximate surface area is 190 Å². The maximum Gasteiger partial charge on any atom is 0.191 e. The van der Waals surface area contributed by atoms with E-state index < -0.39 is 0 Å². The van der Waals surface area contributed by atoms with Crippen LogP contribution in [0.2, 0.25) is 0 Å². The Balaban J connectivity index is 0.00000392. The first-order chi connectivity index (χ1) is 13.2. The summed E-state index contributed by atoms with van der Waals surface area (Å²) >= 11 is 1.70. The molecule has 0 aliphatic carbocycles. The molecule has 0 radical (unpaired) electrons. The molecule has 0 unspecified atom stereocenters. The number of nitrogens with one attached hydrogen (secondary N) is 2. The van der Waals surface area contributed by atoms with Gasteiger partial charge in [0.2, 0.25) is 0 Å². The molecule has 0 amide bonds. The number of ether oxygens (including phenoxy) is 1. The van der Waals surface area contributed by atoms with E-state index in [9.17, 15) is 4.39 Å². The van der Waals surface area contributed by atoms with Gasteiger partial charge in [0.25, 0.3) is 0 Å². The van der Waals surface area contributed by atoms with Gasteiger partial charge in [0, 0.05) is 56.6 Å². The van der Waals surface area contributed by atoms with Gasteiger partial charge in [-0.05, 0) is 50.5 Å². The average Bonchev–Trinajstić information content (AvgIpc) is 2.68. The van der Waals surface area contributed by atoms with Crippen LogP contribution in [-0.2, 0) is 4.74 Å². The minimum atomic E-state index is -0.194. The summed E-state index contributed by atoms with van der Waals surface area (Å²) in [5, 5.41) is 6.92. The molecule has 0 saturated carbocycles. The van der Waals surface area contributed by atoms with E-state index in [4.69, 9.17) is 4.74 Å². The van der Waals surface area contributed by atoms with E-state index in [1.165, 1.54) is 12.1 Å². The Hall–Kier alpha value is -0.580. The zero-order chi connectivity index (χ0) is 19.3. The lowest BCUT2D eigenvalue weighted by atomic mass is 10.1. The monoisotopic (exact) mass is 524 g/mol. The number of thioether (sulfide) groups is 1. The summed E-state index contributed by atoms with van der Waals surface area (Å²) in [7, 11) is 1.76. The highest BCUT2D eigenvalue weighted by Gasteiger charge is 2.19. The number of nitrogens with zero attached hydrogens (tertiary/aromatic N) is 2. The van der Waals surface area contributed by atoms with E-state index in [1.807, 2.05) is 12.1 Å². The molecule has 5 nitrogen and oxygen atoms in total. The Kier molecular flexibility index (Phi) is 13.9. The molecular weight excluding hydrogens is 490 g/mol. The van der Waals surface area contributed by atoms with Crippen molar-refractivity contribution in [3.8, 4) is 0 Å². The van der Waals surface area contributed by atoms with E-state index in [2.05, 4.69) is 27.4 Å². The van der Waals surface area contributed by atoms with Crippen LogP contribution >= 0.6 is 35.7 Å². The molecule has 1 aromatic rings. The van der Waals surface area contributed by atoms with Gasteiger partial charge < -0.3 is 20.3 Å². The summed E-state index contributed by atoms with van der Waals surface area (Å²) in [4.78, 5) is 8.28. The topological polar surface area (TPSA) is 48.9 Å². The van der Waals surface area contributed by atoms with Crippen molar-refractivity contribution < 1.29 is 9.13 Å². The summed E-state index contributed by atoms with van der Waals surface area (Å²) in [6.07, 6.45) is 3.38. The predicted octanol–water partition coefficient (Wildman–Crippen LogP) is 3.59.